The lowest BCUT2D eigenvalue weighted by Gasteiger charge is -1.90. The topological polar surface area (TPSA) is 34.9 Å². The molecule has 1 aromatic rings. The Balaban J connectivity index is 2.80. The molecule has 0 bridgehead atoms. The van der Waals surface area contributed by atoms with Crippen molar-refractivity contribution in [2.45, 2.75) is 13.5 Å². The zero-order valence-electron chi connectivity index (χ0n) is 6.25. The summed E-state index contributed by atoms with van der Waals surface area (Å²) in [5, 5.41) is 4.34. The molecule has 1 heterocycles. The monoisotopic (exact) mass is 216 g/mol. The molecule has 11 heavy (non-hydrogen) atoms. The van der Waals surface area contributed by atoms with Gasteiger partial charge >= 0.3 is 0 Å². The van der Waals surface area contributed by atoms with Crippen molar-refractivity contribution in [3.8, 4) is 0 Å². The molecule has 3 nitrogen and oxygen atoms in total. The second-order valence-corrected chi connectivity index (χ2v) is 2.70. The summed E-state index contributed by atoms with van der Waals surface area (Å²) in [4.78, 5) is 11.0. The van der Waals surface area contributed by atoms with Crippen molar-refractivity contribution in [3.63, 3.8) is 0 Å². The molecule has 0 amide bonds. The second-order valence-electron chi connectivity index (χ2n) is 2.14. The molecule has 1 rings (SSSR count). The predicted molar refractivity (Wildman–Crippen MR) is 46.0 cm³/mol. The fraction of sp³-hybridized carbons (Fsp3) is 0.429. The lowest BCUT2D eigenvalue weighted by atomic mass is 10.3. The predicted octanol–water partition coefficient (Wildman–Crippen LogP) is 1.48. The molecule has 0 N–H and O–H groups in total. The summed E-state index contributed by atoms with van der Waals surface area (Å²) < 4.78 is 1.73. The van der Waals surface area contributed by atoms with Crippen molar-refractivity contribution in [1.82, 2.24) is 9.78 Å². The van der Waals surface area contributed by atoms with Crippen molar-refractivity contribution in [3.05, 3.63) is 18.0 Å². The molecule has 0 spiro atoms. The summed E-state index contributed by atoms with van der Waals surface area (Å²) in [5.41, 5.74) is 0.670. The van der Waals surface area contributed by atoms with Crippen LogP contribution >= 0.6 is 15.9 Å². The molecule has 60 valence electrons. The molecule has 0 fully saturated rings. The van der Waals surface area contributed by atoms with Gasteiger partial charge in [-0.3, -0.25) is 9.48 Å². The number of hydrogen-bond acceptors (Lipinski definition) is 2. The van der Waals surface area contributed by atoms with Crippen LogP contribution in [0.15, 0.2) is 12.4 Å². The minimum absolute atomic E-state index is 0.0738. The van der Waals surface area contributed by atoms with Gasteiger partial charge in [-0.05, 0) is 6.92 Å². The Hall–Kier alpha value is -0.640. The highest BCUT2D eigenvalue weighted by molar-refractivity contribution is 9.09. The quantitative estimate of drug-likeness (QED) is 0.567. The summed E-state index contributed by atoms with van der Waals surface area (Å²) in [6.07, 6.45) is 3.34. The largest absolute Gasteiger partial charge is 0.293 e. The van der Waals surface area contributed by atoms with Crippen LogP contribution in [-0.2, 0) is 6.54 Å². The number of alkyl halides is 1. The fourth-order valence-corrected chi connectivity index (χ4v) is 1.08. The van der Waals surface area contributed by atoms with Gasteiger partial charge in [0.05, 0.1) is 17.1 Å². The Kier molecular flexibility index (Phi) is 2.82. The van der Waals surface area contributed by atoms with E-state index in [1.165, 1.54) is 0 Å². The zero-order valence-corrected chi connectivity index (χ0v) is 7.84. The number of nitrogens with zero attached hydrogens (tertiary/aromatic N) is 2. The number of halogens is 1. The first-order valence-corrected chi connectivity index (χ1v) is 4.51. The number of hydrogen-bond donors (Lipinski definition) is 0. The van der Waals surface area contributed by atoms with Crippen molar-refractivity contribution in [1.29, 1.82) is 0 Å². The average Bonchev–Trinajstić information content (AvgIpc) is 2.50. The van der Waals surface area contributed by atoms with Gasteiger partial charge in [0.15, 0.2) is 5.78 Å². The summed E-state index contributed by atoms with van der Waals surface area (Å²) >= 11 is 3.10. The number of rotatable bonds is 3. The Labute approximate surface area is 73.5 Å². The van der Waals surface area contributed by atoms with Gasteiger partial charge in [-0.25, -0.2) is 0 Å². The van der Waals surface area contributed by atoms with Crippen LogP contribution in [-0.4, -0.2) is 20.9 Å². The third-order valence-electron chi connectivity index (χ3n) is 1.40. The Morgan fingerprint density at radius 2 is 2.55 bits per heavy atom. The first-order chi connectivity index (χ1) is 5.27. The minimum Gasteiger partial charge on any atom is -0.293 e. The molecule has 1 aromatic heterocycles. The highest BCUT2D eigenvalue weighted by Gasteiger charge is 2.05. The molecule has 0 saturated carbocycles. The Bertz CT molecular complexity index is 257. The van der Waals surface area contributed by atoms with Crippen LogP contribution in [0, 0.1) is 0 Å². The van der Waals surface area contributed by atoms with Crippen LogP contribution in [0.2, 0.25) is 0 Å². The molecule has 0 aliphatic heterocycles. The van der Waals surface area contributed by atoms with Crippen LogP contribution in [0.4, 0.5) is 0 Å². The van der Waals surface area contributed by atoms with Crippen LogP contribution in [0.1, 0.15) is 17.3 Å². The van der Waals surface area contributed by atoms with E-state index in [2.05, 4.69) is 21.0 Å². The van der Waals surface area contributed by atoms with Gasteiger partial charge in [-0.1, -0.05) is 15.9 Å². The van der Waals surface area contributed by atoms with Crippen molar-refractivity contribution in [2.24, 2.45) is 0 Å². The van der Waals surface area contributed by atoms with Crippen molar-refractivity contribution < 1.29 is 4.79 Å². The molecule has 0 atom stereocenters. The van der Waals surface area contributed by atoms with E-state index in [1.807, 2.05) is 6.92 Å². The molecule has 0 aliphatic rings. The molecule has 0 unspecified atom stereocenters. The number of carbonyl (C=O) groups is 1. The number of Topliss-reactive ketones (excluding diaryl/α,β-unsaturated/α-hetero) is 1. The molecule has 0 radical (unpaired) electrons. The van der Waals surface area contributed by atoms with Crippen LogP contribution in [0.25, 0.3) is 0 Å². The van der Waals surface area contributed by atoms with Gasteiger partial charge in [0.1, 0.15) is 0 Å². The number of ketones is 1. The minimum atomic E-state index is 0.0738. The molecule has 4 heteroatoms. The van der Waals surface area contributed by atoms with Crippen LogP contribution < -0.4 is 0 Å². The molecule has 0 aromatic carbocycles. The smallest absolute Gasteiger partial charge is 0.176 e. The fourth-order valence-electron chi connectivity index (χ4n) is 0.758. The SMILES string of the molecule is CCn1cc(C(=O)CBr)cn1. The second kappa shape index (κ2) is 3.67. The van der Waals surface area contributed by atoms with E-state index in [9.17, 15) is 4.79 Å². The summed E-state index contributed by atoms with van der Waals surface area (Å²) in [5.74, 6) is 0.0738. The van der Waals surface area contributed by atoms with E-state index in [-0.39, 0.29) is 5.78 Å². The van der Waals surface area contributed by atoms with Crippen LogP contribution in [0.5, 0.6) is 0 Å². The van der Waals surface area contributed by atoms with E-state index < -0.39 is 0 Å². The van der Waals surface area contributed by atoms with Gasteiger partial charge in [-0.15, -0.1) is 0 Å². The molecule has 0 aliphatic carbocycles. The summed E-state index contributed by atoms with van der Waals surface area (Å²) in [6.45, 7) is 2.78. The van der Waals surface area contributed by atoms with Gasteiger partial charge in [-0.2, -0.15) is 5.10 Å². The number of carbonyl (C=O) groups excluding carboxylic acids is 1. The van der Waals surface area contributed by atoms with Gasteiger partial charge in [0, 0.05) is 12.7 Å². The standard InChI is InChI=1S/C7H9BrN2O/c1-2-10-5-6(4-9-10)7(11)3-8/h4-5H,2-3H2,1H3. The average molecular weight is 217 g/mol. The number of aryl methyl sites for hydroxylation is 1. The van der Waals surface area contributed by atoms with E-state index in [0.717, 1.165) is 6.54 Å². The van der Waals surface area contributed by atoms with Crippen molar-refractivity contribution >= 4 is 21.7 Å². The maximum atomic E-state index is 11.0. The van der Waals surface area contributed by atoms with E-state index >= 15 is 0 Å². The molecule has 0 saturated heterocycles. The first kappa shape index (κ1) is 8.46. The van der Waals surface area contributed by atoms with Crippen LogP contribution in [0.3, 0.4) is 0 Å². The summed E-state index contributed by atoms with van der Waals surface area (Å²) in [7, 11) is 0. The Morgan fingerprint density at radius 3 is 3.00 bits per heavy atom. The third kappa shape index (κ3) is 1.89. The molecular weight excluding hydrogens is 208 g/mol. The lowest BCUT2D eigenvalue weighted by Crippen LogP contribution is -1.98. The zero-order chi connectivity index (χ0) is 8.27. The van der Waals surface area contributed by atoms with Crippen molar-refractivity contribution in [2.75, 3.05) is 5.33 Å². The van der Waals surface area contributed by atoms with Gasteiger partial charge in [0.25, 0.3) is 0 Å². The first-order valence-electron chi connectivity index (χ1n) is 3.39. The highest BCUT2D eigenvalue weighted by Crippen LogP contribution is 2.00. The van der Waals surface area contributed by atoms with Gasteiger partial charge in [0.2, 0.25) is 0 Å². The molecular formula is C7H9BrN2O. The maximum absolute atomic E-state index is 11.0. The normalized spacial score (nSPS) is 10.0. The Morgan fingerprint density at radius 1 is 1.82 bits per heavy atom. The van der Waals surface area contributed by atoms with E-state index in [1.54, 1.807) is 17.1 Å². The number of aromatic nitrogens is 2. The maximum Gasteiger partial charge on any atom is 0.176 e. The summed E-state index contributed by atoms with van der Waals surface area (Å²) in [6, 6.07) is 0. The highest BCUT2D eigenvalue weighted by atomic mass is 79.9. The van der Waals surface area contributed by atoms with E-state index in [0.29, 0.717) is 10.9 Å². The third-order valence-corrected chi connectivity index (χ3v) is 1.91. The van der Waals surface area contributed by atoms with E-state index in [4.69, 9.17) is 0 Å². The van der Waals surface area contributed by atoms with Gasteiger partial charge < -0.3 is 0 Å². The lowest BCUT2D eigenvalue weighted by molar-refractivity contribution is 0.102.